The summed E-state index contributed by atoms with van der Waals surface area (Å²) < 4.78 is 0.874. The number of carboxylic acid groups (broad SMARTS) is 1. The van der Waals surface area contributed by atoms with E-state index in [1.165, 1.54) is 0 Å². The van der Waals surface area contributed by atoms with E-state index in [1.54, 1.807) is 19.1 Å². The highest BCUT2D eigenvalue weighted by atomic mass is 79.9. The summed E-state index contributed by atoms with van der Waals surface area (Å²) in [5, 5.41) is 17.9. The molecule has 2 atom stereocenters. The van der Waals surface area contributed by atoms with Crippen molar-refractivity contribution in [1.82, 2.24) is 0 Å². The molecule has 76 valence electrons. The van der Waals surface area contributed by atoms with Crippen molar-refractivity contribution in [3.63, 3.8) is 0 Å². The zero-order chi connectivity index (χ0) is 10.7. The molecule has 0 fully saturated rings. The summed E-state index contributed by atoms with van der Waals surface area (Å²) in [6.07, 6.45) is -1.36. The summed E-state index contributed by atoms with van der Waals surface area (Å²) in [6.45, 7) is 1.68. The lowest BCUT2D eigenvalue weighted by atomic mass is 9.96. The van der Waals surface area contributed by atoms with E-state index in [9.17, 15) is 9.90 Å². The molecule has 2 N–H and O–H groups in total. The molecule has 4 heteroatoms. The Labute approximate surface area is 90.5 Å². The van der Waals surface area contributed by atoms with Gasteiger partial charge in [0.2, 0.25) is 0 Å². The molecule has 3 nitrogen and oxygen atoms in total. The molecule has 2 unspecified atom stereocenters. The maximum absolute atomic E-state index is 10.5. The minimum absolute atomic E-state index is 0.412. The van der Waals surface area contributed by atoms with E-state index in [0.717, 1.165) is 10.0 Å². The van der Waals surface area contributed by atoms with Crippen LogP contribution in [0.2, 0.25) is 0 Å². The minimum atomic E-state index is -1.36. The van der Waals surface area contributed by atoms with Gasteiger partial charge in [0, 0.05) is 10.4 Å². The minimum Gasteiger partial charge on any atom is -0.479 e. The van der Waals surface area contributed by atoms with Crippen LogP contribution in [0.15, 0.2) is 28.7 Å². The highest BCUT2D eigenvalue weighted by molar-refractivity contribution is 9.10. The molecule has 14 heavy (non-hydrogen) atoms. The first-order chi connectivity index (χ1) is 6.52. The summed E-state index contributed by atoms with van der Waals surface area (Å²) in [4.78, 5) is 10.5. The largest absolute Gasteiger partial charge is 0.479 e. The predicted octanol–water partition coefficient (Wildman–Crippen LogP) is 2.00. The SMILES string of the molecule is CC(c1cccc(Br)c1)C(O)C(=O)O. The van der Waals surface area contributed by atoms with Crippen molar-refractivity contribution in [3.05, 3.63) is 34.3 Å². The second kappa shape index (κ2) is 4.57. The molecule has 1 aromatic carbocycles. The third-order valence-corrected chi connectivity index (χ3v) is 2.59. The highest BCUT2D eigenvalue weighted by Gasteiger charge is 2.22. The van der Waals surface area contributed by atoms with Crippen LogP contribution >= 0.6 is 15.9 Å². The molecule has 0 bridgehead atoms. The van der Waals surface area contributed by atoms with Crippen LogP contribution in [0.1, 0.15) is 18.4 Å². The van der Waals surface area contributed by atoms with Crippen LogP contribution in [0.25, 0.3) is 0 Å². The second-order valence-corrected chi connectivity index (χ2v) is 4.04. The predicted molar refractivity (Wildman–Crippen MR) is 56.2 cm³/mol. The van der Waals surface area contributed by atoms with E-state index >= 15 is 0 Å². The normalized spacial score (nSPS) is 14.8. The molecule has 0 spiro atoms. The molecule has 0 heterocycles. The first-order valence-corrected chi connectivity index (χ1v) is 4.98. The highest BCUT2D eigenvalue weighted by Crippen LogP contribution is 2.22. The van der Waals surface area contributed by atoms with Gasteiger partial charge in [-0.05, 0) is 17.7 Å². The summed E-state index contributed by atoms with van der Waals surface area (Å²) >= 11 is 3.29. The van der Waals surface area contributed by atoms with Gasteiger partial charge in [0.1, 0.15) is 0 Å². The van der Waals surface area contributed by atoms with Crippen molar-refractivity contribution in [1.29, 1.82) is 0 Å². The monoisotopic (exact) mass is 258 g/mol. The number of benzene rings is 1. The fourth-order valence-electron chi connectivity index (χ4n) is 1.19. The van der Waals surface area contributed by atoms with Crippen molar-refractivity contribution in [2.45, 2.75) is 18.9 Å². The van der Waals surface area contributed by atoms with E-state index in [4.69, 9.17) is 5.11 Å². The van der Waals surface area contributed by atoms with Crippen molar-refractivity contribution in [2.24, 2.45) is 0 Å². The van der Waals surface area contributed by atoms with Crippen molar-refractivity contribution in [3.8, 4) is 0 Å². The zero-order valence-electron chi connectivity index (χ0n) is 7.64. The average molecular weight is 259 g/mol. The van der Waals surface area contributed by atoms with Gasteiger partial charge in [-0.3, -0.25) is 0 Å². The molecular formula is C10H11BrO3. The molecule has 0 aliphatic carbocycles. The van der Waals surface area contributed by atoms with Gasteiger partial charge in [-0.1, -0.05) is 35.0 Å². The second-order valence-electron chi connectivity index (χ2n) is 3.13. The topological polar surface area (TPSA) is 57.5 Å². The van der Waals surface area contributed by atoms with E-state index in [1.807, 2.05) is 12.1 Å². The van der Waals surface area contributed by atoms with Crippen LogP contribution in [0.3, 0.4) is 0 Å². The standard InChI is InChI=1S/C10H11BrO3/c1-6(9(12)10(13)14)7-3-2-4-8(11)5-7/h2-6,9,12H,1H3,(H,13,14). The molecule has 1 aromatic rings. The van der Waals surface area contributed by atoms with Crippen molar-refractivity contribution >= 4 is 21.9 Å². The Bertz CT molecular complexity index is 338. The van der Waals surface area contributed by atoms with Gasteiger partial charge >= 0.3 is 5.97 Å². The van der Waals surface area contributed by atoms with Gasteiger partial charge in [0.05, 0.1) is 0 Å². The van der Waals surface area contributed by atoms with Gasteiger partial charge in [0.25, 0.3) is 0 Å². The smallest absolute Gasteiger partial charge is 0.333 e. The first-order valence-electron chi connectivity index (χ1n) is 4.18. The number of carboxylic acids is 1. The van der Waals surface area contributed by atoms with Crippen LogP contribution in [-0.4, -0.2) is 22.3 Å². The number of rotatable bonds is 3. The quantitative estimate of drug-likeness (QED) is 0.872. The average Bonchev–Trinajstić information content (AvgIpc) is 2.15. The molecule has 0 aromatic heterocycles. The van der Waals surface area contributed by atoms with Crippen LogP contribution in [-0.2, 0) is 4.79 Å². The molecular weight excluding hydrogens is 248 g/mol. The number of aliphatic carboxylic acids is 1. The number of aliphatic hydroxyl groups excluding tert-OH is 1. The third kappa shape index (κ3) is 2.56. The maximum atomic E-state index is 10.5. The number of hydrogen-bond acceptors (Lipinski definition) is 2. The van der Waals surface area contributed by atoms with E-state index in [-0.39, 0.29) is 0 Å². The Morgan fingerprint density at radius 1 is 1.50 bits per heavy atom. The van der Waals surface area contributed by atoms with Gasteiger partial charge in [-0.25, -0.2) is 4.79 Å². The molecule has 0 saturated heterocycles. The summed E-state index contributed by atoms with van der Waals surface area (Å²) in [5.41, 5.74) is 0.800. The van der Waals surface area contributed by atoms with Crippen LogP contribution in [0.5, 0.6) is 0 Å². The lowest BCUT2D eigenvalue weighted by Gasteiger charge is -2.15. The summed E-state index contributed by atoms with van der Waals surface area (Å²) in [7, 11) is 0. The molecule has 0 amide bonds. The molecule has 1 rings (SSSR count). The van der Waals surface area contributed by atoms with Crippen LogP contribution < -0.4 is 0 Å². The van der Waals surface area contributed by atoms with Crippen molar-refractivity contribution < 1.29 is 15.0 Å². The summed E-state index contributed by atoms with van der Waals surface area (Å²) in [6, 6.07) is 7.26. The molecule has 0 aliphatic heterocycles. The van der Waals surface area contributed by atoms with Crippen LogP contribution in [0, 0.1) is 0 Å². The first kappa shape index (κ1) is 11.2. The lowest BCUT2D eigenvalue weighted by molar-refractivity contribution is -0.147. The Morgan fingerprint density at radius 3 is 2.64 bits per heavy atom. The number of hydrogen-bond donors (Lipinski definition) is 2. The molecule has 0 radical (unpaired) electrons. The fraction of sp³-hybridized carbons (Fsp3) is 0.300. The number of carbonyl (C=O) groups is 1. The maximum Gasteiger partial charge on any atom is 0.333 e. The van der Waals surface area contributed by atoms with Gasteiger partial charge in [-0.15, -0.1) is 0 Å². The van der Waals surface area contributed by atoms with Gasteiger partial charge in [0.15, 0.2) is 6.10 Å². The third-order valence-electron chi connectivity index (χ3n) is 2.10. The zero-order valence-corrected chi connectivity index (χ0v) is 9.23. The lowest BCUT2D eigenvalue weighted by Crippen LogP contribution is -2.25. The Kier molecular flexibility index (Phi) is 3.66. The molecule has 0 saturated carbocycles. The van der Waals surface area contributed by atoms with Crippen molar-refractivity contribution in [2.75, 3.05) is 0 Å². The van der Waals surface area contributed by atoms with E-state index in [0.29, 0.717) is 0 Å². The fourth-order valence-corrected chi connectivity index (χ4v) is 1.60. The van der Waals surface area contributed by atoms with E-state index in [2.05, 4.69) is 15.9 Å². The number of aliphatic hydroxyl groups is 1. The van der Waals surface area contributed by atoms with E-state index < -0.39 is 18.0 Å². The Hall–Kier alpha value is -0.870. The molecule has 0 aliphatic rings. The Balaban J connectivity index is 2.89. The van der Waals surface area contributed by atoms with Crippen LogP contribution in [0.4, 0.5) is 0 Å². The van der Waals surface area contributed by atoms with Gasteiger partial charge < -0.3 is 10.2 Å². The van der Waals surface area contributed by atoms with Gasteiger partial charge in [-0.2, -0.15) is 0 Å². The summed E-state index contributed by atoms with van der Waals surface area (Å²) in [5.74, 6) is -1.61. The number of halogens is 1. The Morgan fingerprint density at radius 2 is 2.14 bits per heavy atom.